The molecule has 1 heterocycles. The molecule has 0 bridgehead atoms. The number of alkyl halides is 3. The summed E-state index contributed by atoms with van der Waals surface area (Å²) in [6.07, 6.45) is -3.04. The molecule has 9 heteroatoms. The number of rotatable bonds is 7. The fraction of sp³-hybridized carbons (Fsp3) is 0.261. The van der Waals surface area contributed by atoms with Crippen LogP contribution in [0.4, 0.5) is 24.8 Å². The Morgan fingerprint density at radius 1 is 1.09 bits per heavy atom. The highest BCUT2D eigenvalue weighted by Gasteiger charge is 2.38. The maximum absolute atomic E-state index is 13.6. The lowest BCUT2D eigenvalue weighted by Crippen LogP contribution is -2.27. The third kappa shape index (κ3) is 6.43. The number of benzene rings is 2. The molecule has 0 aliphatic rings. The summed E-state index contributed by atoms with van der Waals surface area (Å²) >= 11 is 5.88. The van der Waals surface area contributed by atoms with Crippen molar-refractivity contribution in [3.05, 3.63) is 82.1 Å². The quantitative estimate of drug-likeness (QED) is 0.450. The Kier molecular flexibility index (Phi) is 7.35. The summed E-state index contributed by atoms with van der Waals surface area (Å²) in [7, 11) is 0. The first-order valence-electron chi connectivity index (χ1n) is 9.94. The number of carbonyl (C=O) groups is 1. The SMILES string of the molecule is CC(C)Cc1ccc(CNC(=O)c2cnc(Nc3cccc(Cl)c3)nc2C(F)(F)F)cc1. The minimum atomic E-state index is -4.83. The van der Waals surface area contributed by atoms with Crippen LogP contribution in [0, 0.1) is 5.92 Å². The van der Waals surface area contributed by atoms with Gasteiger partial charge in [0, 0.05) is 23.5 Å². The first-order valence-corrected chi connectivity index (χ1v) is 10.3. The van der Waals surface area contributed by atoms with Crippen LogP contribution in [0.2, 0.25) is 5.02 Å². The van der Waals surface area contributed by atoms with Crippen LogP contribution in [0.5, 0.6) is 0 Å². The van der Waals surface area contributed by atoms with E-state index in [0.29, 0.717) is 16.6 Å². The molecule has 168 valence electrons. The number of anilines is 2. The second kappa shape index (κ2) is 9.99. The van der Waals surface area contributed by atoms with Crippen molar-refractivity contribution in [2.45, 2.75) is 33.0 Å². The number of hydrogen-bond donors (Lipinski definition) is 2. The van der Waals surface area contributed by atoms with Crippen LogP contribution in [0.3, 0.4) is 0 Å². The van der Waals surface area contributed by atoms with Gasteiger partial charge in [-0.05, 0) is 41.7 Å². The fourth-order valence-electron chi connectivity index (χ4n) is 3.06. The number of aromatic nitrogens is 2. The van der Waals surface area contributed by atoms with Crippen molar-refractivity contribution in [2.75, 3.05) is 5.32 Å². The van der Waals surface area contributed by atoms with Crippen LogP contribution in [0.1, 0.15) is 41.0 Å². The number of halogens is 4. The van der Waals surface area contributed by atoms with E-state index >= 15 is 0 Å². The Morgan fingerprint density at radius 2 is 1.78 bits per heavy atom. The molecule has 0 spiro atoms. The van der Waals surface area contributed by atoms with Gasteiger partial charge in [-0.25, -0.2) is 9.97 Å². The van der Waals surface area contributed by atoms with Crippen molar-refractivity contribution in [1.29, 1.82) is 0 Å². The van der Waals surface area contributed by atoms with E-state index in [-0.39, 0.29) is 12.5 Å². The van der Waals surface area contributed by atoms with Crippen molar-refractivity contribution in [2.24, 2.45) is 5.92 Å². The Hall–Kier alpha value is -3.13. The van der Waals surface area contributed by atoms with Gasteiger partial charge in [0.15, 0.2) is 5.69 Å². The molecule has 0 aliphatic heterocycles. The van der Waals surface area contributed by atoms with E-state index in [1.54, 1.807) is 18.2 Å². The highest BCUT2D eigenvalue weighted by Crippen LogP contribution is 2.31. The molecular formula is C23H22ClF3N4O. The van der Waals surface area contributed by atoms with Crippen LogP contribution in [0.15, 0.2) is 54.7 Å². The smallest absolute Gasteiger partial charge is 0.348 e. The van der Waals surface area contributed by atoms with E-state index in [1.807, 2.05) is 24.3 Å². The predicted octanol–water partition coefficient (Wildman–Crippen LogP) is 6.02. The topological polar surface area (TPSA) is 66.9 Å². The summed E-state index contributed by atoms with van der Waals surface area (Å²) in [5, 5.41) is 5.57. The molecule has 0 aliphatic carbocycles. The summed E-state index contributed by atoms with van der Waals surface area (Å²) in [5.41, 5.74) is 0.390. The highest BCUT2D eigenvalue weighted by molar-refractivity contribution is 6.30. The number of hydrogen-bond acceptors (Lipinski definition) is 4. The van der Waals surface area contributed by atoms with Gasteiger partial charge in [-0.3, -0.25) is 4.79 Å². The summed E-state index contributed by atoms with van der Waals surface area (Å²) in [6.45, 7) is 4.31. The summed E-state index contributed by atoms with van der Waals surface area (Å²) in [4.78, 5) is 19.9. The molecule has 3 aromatic rings. The Morgan fingerprint density at radius 3 is 2.41 bits per heavy atom. The third-order valence-electron chi connectivity index (χ3n) is 4.50. The summed E-state index contributed by atoms with van der Waals surface area (Å²) in [5.74, 6) is -0.688. The summed E-state index contributed by atoms with van der Waals surface area (Å²) < 4.78 is 40.8. The Labute approximate surface area is 189 Å². The fourth-order valence-corrected chi connectivity index (χ4v) is 3.25. The highest BCUT2D eigenvalue weighted by atomic mass is 35.5. The van der Waals surface area contributed by atoms with Crippen LogP contribution < -0.4 is 10.6 Å². The average molecular weight is 463 g/mol. The lowest BCUT2D eigenvalue weighted by Gasteiger charge is -2.14. The first kappa shape index (κ1) is 23.5. The largest absolute Gasteiger partial charge is 0.434 e. The monoisotopic (exact) mass is 462 g/mol. The van der Waals surface area contributed by atoms with E-state index in [9.17, 15) is 18.0 Å². The van der Waals surface area contributed by atoms with Gasteiger partial charge in [0.1, 0.15) is 0 Å². The zero-order chi connectivity index (χ0) is 23.3. The van der Waals surface area contributed by atoms with E-state index in [1.165, 1.54) is 6.07 Å². The average Bonchev–Trinajstić information content (AvgIpc) is 2.72. The Balaban J connectivity index is 1.74. The normalized spacial score (nSPS) is 11.5. The Bertz CT molecular complexity index is 1090. The molecule has 0 radical (unpaired) electrons. The van der Waals surface area contributed by atoms with Crippen LogP contribution in [0.25, 0.3) is 0 Å². The van der Waals surface area contributed by atoms with E-state index in [2.05, 4.69) is 34.4 Å². The zero-order valence-electron chi connectivity index (χ0n) is 17.5. The van der Waals surface area contributed by atoms with Gasteiger partial charge in [-0.1, -0.05) is 55.8 Å². The van der Waals surface area contributed by atoms with Crippen molar-refractivity contribution in [1.82, 2.24) is 15.3 Å². The van der Waals surface area contributed by atoms with E-state index in [0.717, 1.165) is 23.7 Å². The molecule has 2 N–H and O–H groups in total. The third-order valence-corrected chi connectivity index (χ3v) is 4.74. The number of nitrogens with one attached hydrogen (secondary N) is 2. The maximum atomic E-state index is 13.6. The maximum Gasteiger partial charge on any atom is 0.434 e. The molecule has 0 unspecified atom stereocenters. The van der Waals surface area contributed by atoms with Gasteiger partial charge in [-0.2, -0.15) is 13.2 Å². The first-order chi connectivity index (χ1) is 15.1. The zero-order valence-corrected chi connectivity index (χ0v) is 18.3. The second-order valence-electron chi connectivity index (χ2n) is 7.69. The summed E-state index contributed by atoms with van der Waals surface area (Å²) in [6, 6.07) is 14.0. The number of carbonyl (C=O) groups excluding carboxylic acids is 1. The van der Waals surface area contributed by atoms with Crippen LogP contribution in [-0.2, 0) is 19.1 Å². The minimum absolute atomic E-state index is 0.0839. The van der Waals surface area contributed by atoms with Gasteiger partial charge in [0.2, 0.25) is 5.95 Å². The second-order valence-corrected chi connectivity index (χ2v) is 8.12. The molecule has 0 saturated heterocycles. The molecule has 3 rings (SSSR count). The van der Waals surface area contributed by atoms with Crippen molar-refractivity contribution >= 4 is 29.1 Å². The number of amides is 1. The molecule has 2 aromatic carbocycles. The molecule has 1 amide bonds. The van der Waals surface area contributed by atoms with Gasteiger partial charge in [-0.15, -0.1) is 0 Å². The lowest BCUT2D eigenvalue weighted by molar-refractivity contribution is -0.141. The van der Waals surface area contributed by atoms with E-state index < -0.39 is 23.3 Å². The van der Waals surface area contributed by atoms with Gasteiger partial charge >= 0.3 is 6.18 Å². The minimum Gasteiger partial charge on any atom is -0.348 e. The molecule has 32 heavy (non-hydrogen) atoms. The molecule has 0 saturated carbocycles. The molecule has 0 fully saturated rings. The molecule has 1 aromatic heterocycles. The van der Waals surface area contributed by atoms with Crippen LogP contribution >= 0.6 is 11.6 Å². The van der Waals surface area contributed by atoms with Crippen LogP contribution in [-0.4, -0.2) is 15.9 Å². The molecular weight excluding hydrogens is 441 g/mol. The lowest BCUT2D eigenvalue weighted by atomic mass is 10.0. The predicted molar refractivity (Wildman–Crippen MR) is 118 cm³/mol. The van der Waals surface area contributed by atoms with Gasteiger partial charge < -0.3 is 10.6 Å². The molecule has 0 atom stereocenters. The van der Waals surface area contributed by atoms with Crippen molar-refractivity contribution in [3.63, 3.8) is 0 Å². The van der Waals surface area contributed by atoms with E-state index in [4.69, 9.17) is 11.6 Å². The van der Waals surface area contributed by atoms with Crippen molar-refractivity contribution < 1.29 is 18.0 Å². The molecule has 5 nitrogen and oxygen atoms in total. The standard InChI is InChI=1S/C23H22ClF3N4O/c1-14(2)10-15-6-8-16(9-7-15)12-28-21(32)19-13-29-22(31-20(19)23(25,26)27)30-18-5-3-4-17(24)11-18/h3-9,11,13-14H,10,12H2,1-2H3,(H,28,32)(H,29,30,31). The number of nitrogens with zero attached hydrogens (tertiary/aromatic N) is 2. The van der Waals surface area contributed by atoms with Gasteiger partial charge in [0.05, 0.1) is 5.56 Å². The van der Waals surface area contributed by atoms with Gasteiger partial charge in [0.25, 0.3) is 5.91 Å². The van der Waals surface area contributed by atoms with Crippen molar-refractivity contribution in [3.8, 4) is 0 Å².